The number of aryl methyl sites for hydroxylation is 1. The molecular weight excluding hydrogens is 420 g/mol. The molecule has 2 aliphatic rings. The standard InChI is InChI=1S/C25H28N4O2S/c26-25(27)20-4-3-18-2-1-17(13-21(18)14-20)16-29-24-6-5-23(15-19(24)9-12-32(29)30)31-22-7-10-28-11-8-22/h1-6,13-15,22,28H,7-12,16H2,(H3,26,27). The number of benzene rings is 3. The van der Waals surface area contributed by atoms with Crippen molar-refractivity contribution in [2.45, 2.75) is 31.9 Å². The van der Waals surface area contributed by atoms with Gasteiger partial charge in [0.05, 0.1) is 12.2 Å². The molecule has 2 aliphatic heterocycles. The molecule has 2 heterocycles. The lowest BCUT2D eigenvalue weighted by Gasteiger charge is -2.31. The zero-order chi connectivity index (χ0) is 22.1. The van der Waals surface area contributed by atoms with Gasteiger partial charge in [0.1, 0.15) is 28.7 Å². The van der Waals surface area contributed by atoms with Crippen molar-refractivity contribution in [1.29, 1.82) is 5.41 Å². The zero-order valence-corrected chi connectivity index (χ0v) is 18.8. The SMILES string of the molecule is N=C(N)c1ccc2ccc(CN3c4ccc(OC5CCNCC5)cc4CCS3=O)cc2c1. The van der Waals surface area contributed by atoms with Gasteiger partial charge in [0, 0.05) is 11.3 Å². The second-order valence-corrected chi connectivity index (χ2v) is 9.97. The van der Waals surface area contributed by atoms with Crippen molar-refractivity contribution < 1.29 is 8.95 Å². The molecule has 0 aliphatic carbocycles. The van der Waals surface area contributed by atoms with E-state index < -0.39 is 11.0 Å². The Labute approximate surface area is 190 Å². The van der Waals surface area contributed by atoms with Gasteiger partial charge in [-0.15, -0.1) is 0 Å². The van der Waals surface area contributed by atoms with Crippen molar-refractivity contribution in [2.75, 3.05) is 23.1 Å². The smallest absolute Gasteiger partial charge is 0.122 e. The molecule has 0 spiro atoms. The van der Waals surface area contributed by atoms with Gasteiger partial charge in [0.2, 0.25) is 0 Å². The summed E-state index contributed by atoms with van der Waals surface area (Å²) in [5.74, 6) is 1.59. The Morgan fingerprint density at radius 1 is 1.09 bits per heavy atom. The number of fused-ring (bicyclic) bond motifs is 2. The Morgan fingerprint density at radius 2 is 1.91 bits per heavy atom. The Balaban J connectivity index is 1.39. The third-order valence-electron chi connectivity index (χ3n) is 6.24. The van der Waals surface area contributed by atoms with Gasteiger partial charge < -0.3 is 15.8 Å². The average molecular weight is 449 g/mol. The minimum atomic E-state index is -1.07. The maximum atomic E-state index is 12.9. The second-order valence-electron chi connectivity index (χ2n) is 8.48. The van der Waals surface area contributed by atoms with Crippen LogP contribution in [0.5, 0.6) is 5.75 Å². The van der Waals surface area contributed by atoms with Gasteiger partial charge >= 0.3 is 0 Å². The lowest BCUT2D eigenvalue weighted by atomic mass is 10.0. The van der Waals surface area contributed by atoms with E-state index in [4.69, 9.17) is 15.9 Å². The molecule has 3 aromatic carbocycles. The number of rotatable bonds is 5. The Morgan fingerprint density at radius 3 is 2.72 bits per heavy atom. The van der Waals surface area contributed by atoms with Crippen LogP contribution in [-0.4, -0.2) is 35.0 Å². The molecule has 1 fully saturated rings. The van der Waals surface area contributed by atoms with E-state index in [1.807, 2.05) is 28.6 Å². The highest BCUT2D eigenvalue weighted by molar-refractivity contribution is 7.86. The second kappa shape index (κ2) is 8.92. The number of nitrogens with zero attached hydrogens (tertiary/aromatic N) is 1. The van der Waals surface area contributed by atoms with E-state index in [0.717, 1.165) is 60.1 Å². The number of ether oxygens (including phenoxy) is 1. The molecule has 1 saturated heterocycles. The molecule has 0 bridgehead atoms. The molecule has 3 aromatic rings. The van der Waals surface area contributed by atoms with Gasteiger partial charge in [-0.3, -0.25) is 9.71 Å². The first kappa shape index (κ1) is 21.0. The molecule has 7 heteroatoms. The van der Waals surface area contributed by atoms with Crippen LogP contribution in [0.4, 0.5) is 5.69 Å². The highest BCUT2D eigenvalue weighted by atomic mass is 32.2. The van der Waals surface area contributed by atoms with Crippen molar-refractivity contribution >= 4 is 33.3 Å². The molecule has 1 unspecified atom stereocenters. The largest absolute Gasteiger partial charge is 0.490 e. The molecule has 4 N–H and O–H groups in total. The number of nitrogens with two attached hydrogens (primary N) is 1. The van der Waals surface area contributed by atoms with Crippen molar-refractivity contribution in [1.82, 2.24) is 5.32 Å². The van der Waals surface area contributed by atoms with E-state index in [1.54, 1.807) is 0 Å². The first-order valence-corrected chi connectivity index (χ1v) is 12.4. The van der Waals surface area contributed by atoms with Crippen LogP contribution in [0.3, 0.4) is 0 Å². The van der Waals surface area contributed by atoms with Gasteiger partial charge in [-0.25, -0.2) is 4.21 Å². The maximum absolute atomic E-state index is 12.9. The highest BCUT2D eigenvalue weighted by Gasteiger charge is 2.24. The van der Waals surface area contributed by atoms with Crippen molar-refractivity contribution in [3.8, 4) is 5.75 Å². The monoisotopic (exact) mass is 448 g/mol. The molecule has 0 amide bonds. The lowest BCUT2D eigenvalue weighted by Crippen LogP contribution is -2.34. The maximum Gasteiger partial charge on any atom is 0.122 e. The minimum Gasteiger partial charge on any atom is -0.490 e. The van der Waals surface area contributed by atoms with E-state index in [1.165, 1.54) is 5.56 Å². The zero-order valence-electron chi connectivity index (χ0n) is 18.0. The number of anilines is 1. The topological polar surface area (TPSA) is 91.4 Å². The Hall–Kier alpha value is -2.90. The summed E-state index contributed by atoms with van der Waals surface area (Å²) >= 11 is 0. The molecule has 5 rings (SSSR count). The van der Waals surface area contributed by atoms with Gasteiger partial charge in [0.15, 0.2) is 0 Å². The fraction of sp³-hybridized carbons (Fsp3) is 0.320. The lowest BCUT2D eigenvalue weighted by molar-refractivity contribution is 0.162. The fourth-order valence-electron chi connectivity index (χ4n) is 4.49. The predicted octanol–water partition coefficient (Wildman–Crippen LogP) is 3.48. The van der Waals surface area contributed by atoms with E-state index in [0.29, 0.717) is 17.9 Å². The first-order valence-electron chi connectivity index (χ1n) is 11.1. The van der Waals surface area contributed by atoms with Gasteiger partial charge in [0.25, 0.3) is 0 Å². The summed E-state index contributed by atoms with van der Waals surface area (Å²) in [6.45, 7) is 2.57. The van der Waals surface area contributed by atoms with Gasteiger partial charge in [-0.2, -0.15) is 0 Å². The summed E-state index contributed by atoms with van der Waals surface area (Å²) in [4.78, 5) is 0. The number of hydrogen-bond acceptors (Lipinski definition) is 4. The third kappa shape index (κ3) is 4.36. The van der Waals surface area contributed by atoms with Crippen LogP contribution in [0.1, 0.15) is 29.5 Å². The van der Waals surface area contributed by atoms with Crippen LogP contribution in [0.25, 0.3) is 10.8 Å². The third-order valence-corrected chi connectivity index (χ3v) is 7.61. The summed E-state index contributed by atoms with van der Waals surface area (Å²) in [7, 11) is -1.07. The van der Waals surface area contributed by atoms with E-state index in [2.05, 4.69) is 35.6 Å². The van der Waals surface area contributed by atoms with Crippen molar-refractivity contribution in [3.05, 3.63) is 71.3 Å². The molecule has 166 valence electrons. The molecule has 1 atom stereocenters. The highest BCUT2D eigenvalue weighted by Crippen LogP contribution is 2.33. The van der Waals surface area contributed by atoms with E-state index >= 15 is 0 Å². The molecule has 0 aromatic heterocycles. The summed E-state index contributed by atoms with van der Waals surface area (Å²) in [5, 5.41) is 13.2. The molecule has 0 radical (unpaired) electrons. The van der Waals surface area contributed by atoms with Crippen molar-refractivity contribution in [3.63, 3.8) is 0 Å². The molecule has 6 nitrogen and oxygen atoms in total. The first-order chi connectivity index (χ1) is 15.6. The predicted molar refractivity (Wildman–Crippen MR) is 131 cm³/mol. The van der Waals surface area contributed by atoms with Crippen LogP contribution in [0.2, 0.25) is 0 Å². The Kier molecular flexibility index (Phi) is 5.85. The van der Waals surface area contributed by atoms with Crippen LogP contribution in [-0.2, 0) is 24.0 Å². The van der Waals surface area contributed by atoms with E-state index in [-0.39, 0.29) is 11.9 Å². The van der Waals surface area contributed by atoms with Crippen LogP contribution in [0.15, 0.2) is 54.6 Å². The van der Waals surface area contributed by atoms with Crippen LogP contribution >= 0.6 is 0 Å². The average Bonchev–Trinajstić information content (AvgIpc) is 2.81. The summed E-state index contributed by atoms with van der Waals surface area (Å²) in [6, 6.07) is 18.2. The number of nitrogens with one attached hydrogen (secondary N) is 2. The number of nitrogen functional groups attached to an aromatic ring is 1. The van der Waals surface area contributed by atoms with Crippen molar-refractivity contribution in [2.24, 2.45) is 5.73 Å². The minimum absolute atomic E-state index is 0.0610. The molecule has 0 saturated carbocycles. The van der Waals surface area contributed by atoms with Crippen LogP contribution < -0.4 is 20.1 Å². The molecule has 32 heavy (non-hydrogen) atoms. The van der Waals surface area contributed by atoms with E-state index in [9.17, 15) is 4.21 Å². The van der Waals surface area contributed by atoms with Gasteiger partial charge in [-0.05, 0) is 84.6 Å². The number of hydrogen-bond donors (Lipinski definition) is 3. The fourth-order valence-corrected chi connectivity index (χ4v) is 5.79. The summed E-state index contributed by atoms with van der Waals surface area (Å²) in [6.07, 6.45) is 3.11. The summed E-state index contributed by atoms with van der Waals surface area (Å²) in [5.41, 5.74) is 9.65. The quantitative estimate of drug-likeness (QED) is 0.412. The Bertz CT molecular complexity index is 1190. The number of piperidine rings is 1. The molecular formula is C25H28N4O2S. The summed E-state index contributed by atoms with van der Waals surface area (Å²) < 4.78 is 21.1. The number of amidine groups is 1. The van der Waals surface area contributed by atoms with Crippen LogP contribution in [0, 0.1) is 5.41 Å². The normalized spacial score (nSPS) is 19.0. The van der Waals surface area contributed by atoms with Gasteiger partial charge in [-0.1, -0.05) is 24.3 Å².